The zero-order valence-corrected chi connectivity index (χ0v) is 18.9. The van der Waals surface area contributed by atoms with E-state index in [1.165, 1.54) is 16.4 Å². The fourth-order valence-electron chi connectivity index (χ4n) is 4.51. The Morgan fingerprint density at radius 1 is 1.03 bits per heavy atom. The normalized spacial score (nSPS) is 18.6. The van der Waals surface area contributed by atoms with E-state index in [1.807, 2.05) is 30.3 Å². The summed E-state index contributed by atoms with van der Waals surface area (Å²) < 4.78 is 29.5. The van der Waals surface area contributed by atoms with E-state index in [2.05, 4.69) is 5.32 Å². The second-order valence-corrected chi connectivity index (χ2v) is 10.4. The van der Waals surface area contributed by atoms with Gasteiger partial charge in [0.05, 0.1) is 16.3 Å². The number of hydrogen-bond acceptors (Lipinski definition) is 4. The van der Waals surface area contributed by atoms with Gasteiger partial charge in [-0.3, -0.25) is 4.79 Å². The summed E-state index contributed by atoms with van der Waals surface area (Å²) in [6.07, 6.45) is 3.81. The first-order valence-corrected chi connectivity index (χ1v) is 12.5. The van der Waals surface area contributed by atoms with Crippen LogP contribution in [-0.4, -0.2) is 41.0 Å². The highest BCUT2D eigenvalue weighted by atomic mass is 35.5. The van der Waals surface area contributed by atoms with E-state index in [0.29, 0.717) is 30.2 Å². The van der Waals surface area contributed by atoms with Crippen LogP contribution in [0.25, 0.3) is 5.69 Å². The number of fused-ring (bicyclic) bond motifs is 1. The summed E-state index contributed by atoms with van der Waals surface area (Å²) in [6.45, 7) is 0.305. The summed E-state index contributed by atoms with van der Waals surface area (Å²) in [5.41, 5.74) is 2.88. The molecule has 166 valence electrons. The number of sulfonamides is 1. The highest BCUT2D eigenvalue weighted by molar-refractivity contribution is 7.89. The first kappa shape index (κ1) is 21.2. The number of nitrogens with one attached hydrogen (secondary N) is 1. The maximum atomic E-state index is 13.4. The second kappa shape index (κ2) is 8.35. The molecule has 0 spiro atoms. The van der Waals surface area contributed by atoms with Gasteiger partial charge in [-0.25, -0.2) is 13.1 Å². The Kier molecular flexibility index (Phi) is 5.53. The van der Waals surface area contributed by atoms with Gasteiger partial charge in [-0.05, 0) is 68.5 Å². The van der Waals surface area contributed by atoms with E-state index in [0.717, 1.165) is 36.2 Å². The molecule has 2 aromatic carbocycles. The van der Waals surface area contributed by atoms with Crippen molar-refractivity contribution in [1.29, 1.82) is 0 Å². The SMILES string of the molecule is O=C(Nc1c2c(nn1-c1ccccc1)CCC2)C1CCCN1S(=O)(=O)c1ccc(Cl)cc1. The van der Waals surface area contributed by atoms with Crippen molar-refractivity contribution >= 4 is 33.3 Å². The van der Waals surface area contributed by atoms with Gasteiger partial charge in [0, 0.05) is 17.1 Å². The van der Waals surface area contributed by atoms with Crippen molar-refractivity contribution in [1.82, 2.24) is 14.1 Å². The highest BCUT2D eigenvalue weighted by Crippen LogP contribution is 2.33. The van der Waals surface area contributed by atoms with E-state index >= 15 is 0 Å². The third-order valence-corrected chi connectivity index (χ3v) is 8.25. The number of hydrogen-bond donors (Lipinski definition) is 1. The van der Waals surface area contributed by atoms with Crippen LogP contribution >= 0.6 is 11.6 Å². The number of carbonyl (C=O) groups excluding carboxylic acids is 1. The maximum Gasteiger partial charge on any atom is 0.244 e. The Morgan fingerprint density at radius 2 is 1.78 bits per heavy atom. The molecule has 0 saturated carbocycles. The first-order chi connectivity index (χ1) is 15.4. The van der Waals surface area contributed by atoms with E-state index in [1.54, 1.807) is 16.8 Å². The van der Waals surface area contributed by atoms with Crippen LogP contribution in [0.1, 0.15) is 30.5 Å². The monoisotopic (exact) mass is 470 g/mol. The minimum absolute atomic E-state index is 0.136. The van der Waals surface area contributed by atoms with Crippen LogP contribution in [0.2, 0.25) is 5.02 Å². The van der Waals surface area contributed by atoms with Crippen molar-refractivity contribution in [3.8, 4) is 5.69 Å². The summed E-state index contributed by atoms with van der Waals surface area (Å²) in [6, 6.07) is 14.9. The zero-order chi connectivity index (χ0) is 22.3. The number of para-hydroxylation sites is 1. The zero-order valence-electron chi connectivity index (χ0n) is 17.4. The molecule has 9 heteroatoms. The van der Waals surface area contributed by atoms with Gasteiger partial charge in [-0.1, -0.05) is 29.8 Å². The molecule has 1 aliphatic heterocycles. The molecular formula is C23H23ClN4O3S. The average molecular weight is 471 g/mol. The van der Waals surface area contributed by atoms with Gasteiger partial charge in [0.2, 0.25) is 15.9 Å². The Hall–Kier alpha value is -2.68. The standard InChI is InChI=1S/C23H23ClN4O3S/c24-16-11-13-18(14-12-16)32(30,31)27-15-5-10-21(27)23(29)25-22-19-8-4-9-20(19)26-28(22)17-6-2-1-3-7-17/h1-3,6-7,11-14,21H,4-5,8-10,15H2,(H,25,29). The topological polar surface area (TPSA) is 84.3 Å². The number of nitrogens with zero attached hydrogens (tertiary/aromatic N) is 3. The van der Waals surface area contributed by atoms with Crippen molar-refractivity contribution in [3.63, 3.8) is 0 Å². The minimum atomic E-state index is -3.81. The fourth-order valence-corrected chi connectivity index (χ4v) is 6.29. The third-order valence-electron chi connectivity index (χ3n) is 6.08. The molecule has 1 saturated heterocycles. The van der Waals surface area contributed by atoms with E-state index in [-0.39, 0.29) is 10.8 Å². The van der Waals surface area contributed by atoms with Gasteiger partial charge in [-0.15, -0.1) is 0 Å². The number of carbonyl (C=O) groups is 1. The summed E-state index contributed by atoms with van der Waals surface area (Å²) in [5, 5.41) is 8.21. The van der Waals surface area contributed by atoms with Gasteiger partial charge < -0.3 is 5.32 Å². The van der Waals surface area contributed by atoms with Crippen LogP contribution < -0.4 is 5.32 Å². The Bertz CT molecular complexity index is 1260. The summed E-state index contributed by atoms with van der Waals surface area (Å²) in [5.74, 6) is 0.316. The third kappa shape index (κ3) is 3.72. The van der Waals surface area contributed by atoms with Crippen molar-refractivity contribution < 1.29 is 13.2 Å². The predicted octanol–water partition coefficient (Wildman–Crippen LogP) is 3.81. The Labute approximate surface area is 192 Å². The van der Waals surface area contributed by atoms with E-state index < -0.39 is 16.1 Å². The number of aryl methyl sites for hydroxylation is 1. The molecule has 2 heterocycles. The number of benzene rings is 2. The lowest BCUT2D eigenvalue weighted by Crippen LogP contribution is -2.43. The number of amides is 1. The molecule has 7 nitrogen and oxygen atoms in total. The molecule has 3 aromatic rings. The molecule has 1 atom stereocenters. The molecule has 0 radical (unpaired) electrons. The average Bonchev–Trinajstić information content (AvgIpc) is 3.52. The highest BCUT2D eigenvalue weighted by Gasteiger charge is 2.40. The molecule has 2 aliphatic rings. The van der Waals surface area contributed by atoms with Gasteiger partial charge in [0.15, 0.2) is 0 Å². The Balaban J connectivity index is 1.45. The molecule has 1 N–H and O–H groups in total. The Morgan fingerprint density at radius 3 is 2.53 bits per heavy atom. The largest absolute Gasteiger partial charge is 0.309 e. The van der Waals surface area contributed by atoms with Crippen LogP contribution in [0.5, 0.6) is 0 Å². The lowest BCUT2D eigenvalue weighted by molar-refractivity contribution is -0.119. The second-order valence-electron chi connectivity index (χ2n) is 8.09. The molecule has 0 bridgehead atoms. The van der Waals surface area contributed by atoms with Crippen molar-refractivity contribution in [2.24, 2.45) is 0 Å². The van der Waals surface area contributed by atoms with Gasteiger partial charge in [-0.2, -0.15) is 9.40 Å². The summed E-state index contributed by atoms with van der Waals surface area (Å²) >= 11 is 5.91. The molecular weight excluding hydrogens is 448 g/mol. The predicted molar refractivity (Wildman–Crippen MR) is 123 cm³/mol. The molecule has 1 amide bonds. The molecule has 1 aliphatic carbocycles. The van der Waals surface area contributed by atoms with Crippen LogP contribution in [0.3, 0.4) is 0 Å². The van der Waals surface area contributed by atoms with Crippen LogP contribution in [0.15, 0.2) is 59.5 Å². The maximum absolute atomic E-state index is 13.4. The smallest absolute Gasteiger partial charge is 0.244 e. The van der Waals surface area contributed by atoms with Gasteiger partial charge in [0.1, 0.15) is 11.9 Å². The molecule has 1 aromatic heterocycles. The molecule has 1 fully saturated rings. The fraction of sp³-hybridized carbons (Fsp3) is 0.304. The van der Waals surface area contributed by atoms with Crippen molar-refractivity contribution in [2.45, 2.75) is 43.0 Å². The van der Waals surface area contributed by atoms with Gasteiger partial charge >= 0.3 is 0 Å². The summed E-state index contributed by atoms with van der Waals surface area (Å²) in [4.78, 5) is 13.5. The molecule has 32 heavy (non-hydrogen) atoms. The lowest BCUT2D eigenvalue weighted by Gasteiger charge is -2.24. The van der Waals surface area contributed by atoms with Crippen molar-refractivity contribution in [2.75, 3.05) is 11.9 Å². The molecule has 1 unspecified atom stereocenters. The lowest BCUT2D eigenvalue weighted by atomic mass is 10.2. The van der Waals surface area contributed by atoms with Crippen molar-refractivity contribution in [3.05, 3.63) is 70.9 Å². The van der Waals surface area contributed by atoms with Crippen LogP contribution in [0.4, 0.5) is 5.82 Å². The number of halogens is 1. The van der Waals surface area contributed by atoms with E-state index in [9.17, 15) is 13.2 Å². The number of aromatic nitrogens is 2. The van der Waals surface area contributed by atoms with Crippen LogP contribution in [-0.2, 0) is 27.7 Å². The minimum Gasteiger partial charge on any atom is -0.309 e. The van der Waals surface area contributed by atoms with E-state index in [4.69, 9.17) is 16.7 Å². The van der Waals surface area contributed by atoms with Gasteiger partial charge in [0.25, 0.3) is 0 Å². The number of anilines is 1. The molecule has 5 rings (SSSR count). The first-order valence-electron chi connectivity index (χ1n) is 10.7. The summed E-state index contributed by atoms with van der Waals surface area (Å²) in [7, 11) is -3.81. The number of rotatable bonds is 5. The quantitative estimate of drug-likeness (QED) is 0.614. The van der Waals surface area contributed by atoms with Crippen LogP contribution in [0, 0.1) is 0 Å².